The van der Waals surface area contributed by atoms with Crippen molar-refractivity contribution in [3.8, 4) is 0 Å². The van der Waals surface area contributed by atoms with Crippen LogP contribution in [0, 0.1) is 0 Å². The van der Waals surface area contributed by atoms with E-state index in [-0.39, 0.29) is 5.91 Å². The lowest BCUT2D eigenvalue weighted by molar-refractivity contribution is -0.114. The molecule has 0 saturated carbocycles. The number of carbonyl (C=O) groups is 1. The molecule has 17 heavy (non-hydrogen) atoms. The molecule has 0 bridgehead atoms. The Bertz CT molecular complexity index is 389. The third-order valence-corrected chi connectivity index (χ3v) is 3.87. The lowest BCUT2D eigenvalue weighted by Gasteiger charge is -2.24. The van der Waals surface area contributed by atoms with Gasteiger partial charge >= 0.3 is 0 Å². The van der Waals surface area contributed by atoms with Gasteiger partial charge in [-0.1, -0.05) is 12.1 Å². The minimum absolute atomic E-state index is 0.0292. The average Bonchev–Trinajstić information content (AvgIpc) is 2.32. The zero-order valence-corrected chi connectivity index (χ0v) is 10.8. The summed E-state index contributed by atoms with van der Waals surface area (Å²) in [5, 5.41) is 6.38. The molecule has 2 rings (SSSR count). The summed E-state index contributed by atoms with van der Waals surface area (Å²) in [6.45, 7) is 1.54. The Morgan fingerprint density at radius 1 is 1.24 bits per heavy atom. The first-order valence-electron chi connectivity index (χ1n) is 5.96. The van der Waals surface area contributed by atoms with Gasteiger partial charge in [-0.2, -0.15) is 11.8 Å². The smallest absolute Gasteiger partial charge is 0.221 e. The molecule has 92 valence electrons. The van der Waals surface area contributed by atoms with Gasteiger partial charge in [0.15, 0.2) is 0 Å². The van der Waals surface area contributed by atoms with E-state index < -0.39 is 0 Å². The van der Waals surface area contributed by atoms with Crippen LogP contribution in [0.4, 0.5) is 11.4 Å². The highest BCUT2D eigenvalue weighted by Crippen LogP contribution is 2.26. The Balaban J connectivity index is 2.05. The van der Waals surface area contributed by atoms with Crippen LogP contribution in [0.25, 0.3) is 0 Å². The van der Waals surface area contributed by atoms with Gasteiger partial charge in [-0.3, -0.25) is 4.79 Å². The minimum Gasteiger partial charge on any atom is -0.381 e. The van der Waals surface area contributed by atoms with Crippen LogP contribution in [0.1, 0.15) is 19.8 Å². The Kier molecular flexibility index (Phi) is 4.31. The summed E-state index contributed by atoms with van der Waals surface area (Å²) in [5.41, 5.74) is 1.90. The average molecular weight is 250 g/mol. The van der Waals surface area contributed by atoms with E-state index >= 15 is 0 Å². The maximum atomic E-state index is 11.1. The van der Waals surface area contributed by atoms with Crippen LogP contribution in [-0.2, 0) is 4.79 Å². The van der Waals surface area contributed by atoms with Gasteiger partial charge in [-0.05, 0) is 36.5 Å². The van der Waals surface area contributed by atoms with Crippen molar-refractivity contribution in [1.29, 1.82) is 0 Å². The second-order valence-corrected chi connectivity index (χ2v) is 5.48. The highest BCUT2D eigenvalue weighted by Gasteiger charge is 2.14. The van der Waals surface area contributed by atoms with E-state index in [1.807, 2.05) is 36.0 Å². The van der Waals surface area contributed by atoms with Crippen molar-refractivity contribution < 1.29 is 4.79 Å². The van der Waals surface area contributed by atoms with Gasteiger partial charge in [0.2, 0.25) is 5.91 Å². The van der Waals surface area contributed by atoms with E-state index in [9.17, 15) is 4.79 Å². The van der Waals surface area contributed by atoms with Crippen molar-refractivity contribution >= 4 is 29.0 Å². The van der Waals surface area contributed by atoms with Gasteiger partial charge in [-0.25, -0.2) is 0 Å². The quantitative estimate of drug-likeness (QED) is 0.866. The molecular formula is C13H18N2OS. The van der Waals surface area contributed by atoms with E-state index in [0.29, 0.717) is 6.04 Å². The Morgan fingerprint density at radius 2 is 1.88 bits per heavy atom. The summed E-state index contributed by atoms with van der Waals surface area (Å²) < 4.78 is 0. The molecule has 1 aliphatic heterocycles. The van der Waals surface area contributed by atoms with Gasteiger partial charge in [0.1, 0.15) is 0 Å². The predicted octanol–water partition coefficient (Wildman–Crippen LogP) is 2.95. The van der Waals surface area contributed by atoms with Crippen LogP contribution in [0.15, 0.2) is 24.3 Å². The molecule has 1 aliphatic rings. The summed E-state index contributed by atoms with van der Waals surface area (Å²) in [6.07, 6.45) is 2.39. The molecule has 4 heteroatoms. The van der Waals surface area contributed by atoms with Crippen molar-refractivity contribution in [2.45, 2.75) is 25.8 Å². The summed E-state index contributed by atoms with van der Waals surface area (Å²) in [7, 11) is 0. The molecule has 0 radical (unpaired) electrons. The van der Waals surface area contributed by atoms with Gasteiger partial charge in [-0.15, -0.1) is 0 Å². The molecule has 1 heterocycles. The number of para-hydroxylation sites is 2. The number of thioether (sulfide) groups is 1. The lowest BCUT2D eigenvalue weighted by atomic mass is 10.1. The van der Waals surface area contributed by atoms with Gasteiger partial charge < -0.3 is 10.6 Å². The van der Waals surface area contributed by atoms with Gasteiger partial charge in [0, 0.05) is 13.0 Å². The number of benzene rings is 1. The van der Waals surface area contributed by atoms with Gasteiger partial charge in [0.05, 0.1) is 11.4 Å². The highest BCUT2D eigenvalue weighted by atomic mass is 32.2. The molecule has 2 N–H and O–H groups in total. The fourth-order valence-corrected chi connectivity index (χ4v) is 3.08. The zero-order valence-electron chi connectivity index (χ0n) is 10.0. The Labute approximate surface area is 106 Å². The molecule has 0 spiro atoms. The predicted molar refractivity (Wildman–Crippen MR) is 74.7 cm³/mol. The normalized spacial score (nSPS) is 16.5. The van der Waals surface area contributed by atoms with Crippen LogP contribution in [0.5, 0.6) is 0 Å². The second-order valence-electron chi connectivity index (χ2n) is 4.26. The third kappa shape index (κ3) is 3.66. The zero-order chi connectivity index (χ0) is 12.1. The van der Waals surface area contributed by atoms with Gasteiger partial charge in [0.25, 0.3) is 0 Å². The fraction of sp³-hybridized carbons (Fsp3) is 0.462. The number of hydrogen-bond donors (Lipinski definition) is 2. The van der Waals surface area contributed by atoms with Crippen molar-refractivity contribution in [2.24, 2.45) is 0 Å². The summed E-state index contributed by atoms with van der Waals surface area (Å²) in [5.74, 6) is 2.42. The molecule has 1 saturated heterocycles. The lowest BCUT2D eigenvalue weighted by Crippen LogP contribution is -2.25. The largest absolute Gasteiger partial charge is 0.381 e. The maximum Gasteiger partial charge on any atom is 0.221 e. The van der Waals surface area contributed by atoms with E-state index in [0.717, 1.165) is 11.4 Å². The number of anilines is 2. The van der Waals surface area contributed by atoms with Crippen molar-refractivity contribution in [3.05, 3.63) is 24.3 Å². The number of hydrogen-bond acceptors (Lipinski definition) is 3. The molecule has 0 unspecified atom stereocenters. The van der Waals surface area contributed by atoms with Crippen molar-refractivity contribution in [1.82, 2.24) is 0 Å². The monoisotopic (exact) mass is 250 g/mol. The van der Waals surface area contributed by atoms with Crippen LogP contribution in [-0.4, -0.2) is 23.5 Å². The van der Waals surface area contributed by atoms with E-state index in [1.165, 1.54) is 31.3 Å². The maximum absolute atomic E-state index is 11.1. The molecule has 1 amide bonds. The highest BCUT2D eigenvalue weighted by molar-refractivity contribution is 7.99. The number of carbonyl (C=O) groups excluding carboxylic acids is 1. The van der Waals surface area contributed by atoms with Crippen molar-refractivity contribution in [3.63, 3.8) is 0 Å². The van der Waals surface area contributed by atoms with Crippen LogP contribution in [0.3, 0.4) is 0 Å². The molecule has 0 atom stereocenters. The van der Waals surface area contributed by atoms with Crippen LogP contribution >= 0.6 is 11.8 Å². The first-order valence-corrected chi connectivity index (χ1v) is 7.12. The molecule has 3 nitrogen and oxygen atoms in total. The number of amides is 1. The standard InChI is InChI=1S/C13H18N2OS/c1-10(16)14-12-4-2-3-5-13(12)15-11-6-8-17-9-7-11/h2-5,11,15H,6-9H2,1H3,(H,14,16). The van der Waals surface area contributed by atoms with E-state index in [1.54, 1.807) is 0 Å². The minimum atomic E-state index is -0.0292. The van der Waals surface area contributed by atoms with E-state index in [2.05, 4.69) is 10.6 Å². The molecule has 0 aliphatic carbocycles. The first-order chi connectivity index (χ1) is 8.25. The summed E-state index contributed by atoms with van der Waals surface area (Å²) in [6, 6.07) is 8.42. The second kappa shape index (κ2) is 5.96. The summed E-state index contributed by atoms with van der Waals surface area (Å²) in [4.78, 5) is 11.1. The molecule has 1 fully saturated rings. The van der Waals surface area contributed by atoms with Crippen molar-refractivity contribution in [2.75, 3.05) is 22.1 Å². The van der Waals surface area contributed by atoms with Crippen LogP contribution < -0.4 is 10.6 Å². The summed E-state index contributed by atoms with van der Waals surface area (Å²) >= 11 is 2.01. The van der Waals surface area contributed by atoms with E-state index in [4.69, 9.17) is 0 Å². The molecule has 1 aromatic carbocycles. The molecular weight excluding hydrogens is 232 g/mol. The third-order valence-electron chi connectivity index (χ3n) is 2.82. The Morgan fingerprint density at radius 3 is 2.53 bits per heavy atom. The van der Waals surface area contributed by atoms with Crippen LogP contribution in [0.2, 0.25) is 0 Å². The SMILES string of the molecule is CC(=O)Nc1ccccc1NC1CCSCC1. The topological polar surface area (TPSA) is 41.1 Å². The first kappa shape index (κ1) is 12.3. The fourth-order valence-electron chi connectivity index (χ4n) is 1.97. The Hall–Kier alpha value is -1.16. The number of nitrogens with one attached hydrogen (secondary N) is 2. The molecule has 1 aromatic rings. The molecule has 0 aromatic heterocycles. The number of rotatable bonds is 3.